The minimum absolute atomic E-state index is 0.258. The van der Waals surface area contributed by atoms with Crippen molar-refractivity contribution in [2.45, 2.75) is 229 Å². The van der Waals surface area contributed by atoms with Crippen LogP contribution in [0.25, 0.3) is 0 Å². The molecule has 9 N–H and O–H groups in total. The third-order valence-electron chi connectivity index (χ3n) is 11.9. The summed E-state index contributed by atoms with van der Waals surface area (Å²) in [6.07, 6.45) is 31.0. The number of hydrogen-bond donors (Lipinski definition) is 9. The fourth-order valence-corrected chi connectivity index (χ4v) is 7.79. The van der Waals surface area contributed by atoms with Gasteiger partial charge >= 0.3 is 0 Å². The second-order valence-electron chi connectivity index (χ2n) is 17.6. The standard InChI is InChI=1S/C52H89NO13/c1-3-5-7-9-11-13-14-15-16-17-18-19-20-21-22-23-24-25-26-28-30-32-34-36-44(57)53-40(41(56)35-33-31-29-27-12-10-8-6-4-2)39-63-51-49(62)47(60)50(43(38-55)65-51)66-52-48(61)46(59)45(58)42(37-54)64-52/h5,7,11,13,15-16,18-19,21-22,33,35,40-43,45-52,54-56,58-62H,3-4,6,8-10,12,14,17,20,23-32,34,36-39H2,1-2H3,(H,53,57)/b7-5-,13-11-,16-15-,19-18-,22-21-,35-33+. The Hall–Kier alpha value is -2.57. The maximum Gasteiger partial charge on any atom is 0.220 e. The highest BCUT2D eigenvalue weighted by atomic mass is 16.7. The predicted molar refractivity (Wildman–Crippen MR) is 258 cm³/mol. The summed E-state index contributed by atoms with van der Waals surface area (Å²) in [6.45, 7) is 2.60. The Morgan fingerprint density at radius 1 is 0.561 bits per heavy atom. The minimum Gasteiger partial charge on any atom is -0.394 e. The van der Waals surface area contributed by atoms with Gasteiger partial charge in [-0.25, -0.2) is 0 Å². The Bertz CT molecular complexity index is 1380. The molecule has 0 saturated carbocycles. The van der Waals surface area contributed by atoms with Gasteiger partial charge in [-0.05, 0) is 64.2 Å². The van der Waals surface area contributed by atoms with Gasteiger partial charge in [0.05, 0.1) is 32.0 Å². The van der Waals surface area contributed by atoms with Gasteiger partial charge < -0.3 is 65.1 Å². The van der Waals surface area contributed by atoms with Gasteiger partial charge in [0.25, 0.3) is 0 Å². The molecule has 2 saturated heterocycles. The van der Waals surface area contributed by atoms with E-state index in [9.17, 15) is 45.6 Å². The molecule has 1 amide bonds. The summed E-state index contributed by atoms with van der Waals surface area (Å²) in [7, 11) is 0. The van der Waals surface area contributed by atoms with Gasteiger partial charge in [-0.2, -0.15) is 0 Å². The summed E-state index contributed by atoms with van der Waals surface area (Å²) < 4.78 is 22.6. The van der Waals surface area contributed by atoms with E-state index in [0.29, 0.717) is 6.42 Å². The first-order valence-corrected chi connectivity index (χ1v) is 25.2. The highest BCUT2D eigenvalue weighted by molar-refractivity contribution is 5.76. The highest BCUT2D eigenvalue weighted by Gasteiger charge is 2.51. The molecule has 2 aliphatic heterocycles. The fraction of sp³-hybridized carbons (Fsp3) is 0.750. The van der Waals surface area contributed by atoms with Gasteiger partial charge in [0.15, 0.2) is 12.6 Å². The van der Waals surface area contributed by atoms with Crippen molar-refractivity contribution in [2.24, 2.45) is 0 Å². The lowest BCUT2D eigenvalue weighted by Crippen LogP contribution is -2.65. The molecule has 2 fully saturated rings. The number of hydrogen-bond acceptors (Lipinski definition) is 13. The largest absolute Gasteiger partial charge is 0.394 e. The summed E-state index contributed by atoms with van der Waals surface area (Å²) >= 11 is 0. The zero-order valence-electron chi connectivity index (χ0n) is 40.2. The highest BCUT2D eigenvalue weighted by Crippen LogP contribution is 2.30. The van der Waals surface area contributed by atoms with E-state index in [1.807, 2.05) is 6.08 Å². The molecule has 2 heterocycles. The number of aliphatic hydroxyl groups is 8. The van der Waals surface area contributed by atoms with Crippen molar-refractivity contribution in [3.8, 4) is 0 Å². The summed E-state index contributed by atoms with van der Waals surface area (Å²) in [5.74, 6) is -0.258. The molecule has 12 atom stereocenters. The Morgan fingerprint density at radius 3 is 1.61 bits per heavy atom. The van der Waals surface area contributed by atoms with Gasteiger partial charge in [-0.15, -0.1) is 0 Å². The van der Waals surface area contributed by atoms with Crippen LogP contribution >= 0.6 is 0 Å². The first kappa shape index (κ1) is 59.6. The normalized spacial score (nSPS) is 27.4. The van der Waals surface area contributed by atoms with Crippen LogP contribution in [-0.2, 0) is 23.7 Å². The van der Waals surface area contributed by atoms with Crippen molar-refractivity contribution < 1.29 is 64.6 Å². The van der Waals surface area contributed by atoms with Crippen LogP contribution in [0.5, 0.6) is 0 Å². The summed E-state index contributed by atoms with van der Waals surface area (Å²) in [5.41, 5.74) is 0. The quantitative estimate of drug-likeness (QED) is 0.0242. The van der Waals surface area contributed by atoms with E-state index in [-0.39, 0.29) is 18.9 Å². The van der Waals surface area contributed by atoms with Crippen LogP contribution in [0.15, 0.2) is 72.9 Å². The average molecular weight is 936 g/mol. The number of unbranched alkanes of at least 4 members (excludes halogenated alkanes) is 14. The Morgan fingerprint density at radius 2 is 1.05 bits per heavy atom. The van der Waals surface area contributed by atoms with Gasteiger partial charge in [-0.1, -0.05) is 157 Å². The first-order valence-electron chi connectivity index (χ1n) is 25.2. The van der Waals surface area contributed by atoms with Gasteiger partial charge in [0.1, 0.15) is 48.8 Å². The third-order valence-corrected chi connectivity index (χ3v) is 11.9. The van der Waals surface area contributed by atoms with Crippen molar-refractivity contribution in [3.63, 3.8) is 0 Å². The van der Waals surface area contributed by atoms with Crippen molar-refractivity contribution in [3.05, 3.63) is 72.9 Å². The number of ether oxygens (including phenoxy) is 4. The van der Waals surface area contributed by atoms with E-state index >= 15 is 0 Å². The number of rotatable bonds is 37. The van der Waals surface area contributed by atoms with E-state index in [1.54, 1.807) is 6.08 Å². The van der Waals surface area contributed by atoms with Crippen LogP contribution in [0, 0.1) is 0 Å². The van der Waals surface area contributed by atoms with Gasteiger partial charge in [0.2, 0.25) is 5.91 Å². The number of nitrogens with one attached hydrogen (secondary N) is 1. The Balaban J connectivity index is 1.78. The van der Waals surface area contributed by atoms with Crippen molar-refractivity contribution in [1.29, 1.82) is 0 Å². The second kappa shape index (κ2) is 38.3. The van der Waals surface area contributed by atoms with Crippen LogP contribution in [-0.4, -0.2) is 140 Å². The smallest absolute Gasteiger partial charge is 0.220 e. The summed E-state index contributed by atoms with van der Waals surface area (Å²) in [5, 5.41) is 86.5. The topological polar surface area (TPSA) is 228 Å². The Kier molecular flexibility index (Phi) is 34.6. The number of allylic oxidation sites excluding steroid dienone is 11. The molecule has 0 radical (unpaired) electrons. The van der Waals surface area contributed by atoms with Crippen LogP contribution in [0.4, 0.5) is 0 Å². The maximum absolute atomic E-state index is 13.1. The SMILES string of the molecule is CC/C=C\C/C=C\C/C=C\C/C=C\C/C=C\CCCCCCCCCC(=O)NC(COC1OC(CO)C(OC2OC(CO)C(O)C(O)C2O)C(O)C1O)C(O)/C=C/CCCCCCCCC. The average Bonchev–Trinajstić information content (AvgIpc) is 3.31. The van der Waals surface area contributed by atoms with E-state index in [1.165, 1.54) is 32.1 Å². The van der Waals surface area contributed by atoms with Crippen molar-refractivity contribution in [2.75, 3.05) is 19.8 Å². The van der Waals surface area contributed by atoms with Gasteiger partial charge in [0, 0.05) is 6.42 Å². The number of aliphatic hydroxyl groups excluding tert-OH is 8. The molecule has 0 aromatic rings. The lowest BCUT2D eigenvalue weighted by molar-refractivity contribution is -0.359. The molecule has 14 nitrogen and oxygen atoms in total. The molecule has 0 aliphatic carbocycles. The molecule has 380 valence electrons. The lowest BCUT2D eigenvalue weighted by atomic mass is 9.97. The zero-order valence-corrected chi connectivity index (χ0v) is 40.2. The molecule has 0 bridgehead atoms. The van der Waals surface area contributed by atoms with E-state index < -0.39 is 86.8 Å². The molecular formula is C52H89NO13. The van der Waals surface area contributed by atoms with Crippen LogP contribution in [0.3, 0.4) is 0 Å². The van der Waals surface area contributed by atoms with Crippen LogP contribution in [0.2, 0.25) is 0 Å². The Labute approximate surface area is 396 Å². The van der Waals surface area contributed by atoms with Crippen molar-refractivity contribution in [1.82, 2.24) is 5.32 Å². The molecule has 2 rings (SSSR count). The third kappa shape index (κ3) is 25.2. The van der Waals surface area contributed by atoms with E-state index in [0.717, 1.165) is 96.3 Å². The number of carbonyl (C=O) groups excluding carboxylic acids is 1. The first-order chi connectivity index (χ1) is 32.1. The minimum atomic E-state index is -1.79. The van der Waals surface area contributed by atoms with E-state index in [2.05, 4.69) is 79.9 Å². The maximum atomic E-state index is 13.1. The molecule has 0 spiro atoms. The van der Waals surface area contributed by atoms with E-state index in [4.69, 9.17) is 18.9 Å². The van der Waals surface area contributed by atoms with Crippen molar-refractivity contribution >= 4 is 5.91 Å². The monoisotopic (exact) mass is 936 g/mol. The molecule has 2 aliphatic rings. The lowest BCUT2D eigenvalue weighted by Gasteiger charge is -2.46. The molecule has 0 aromatic carbocycles. The fourth-order valence-electron chi connectivity index (χ4n) is 7.79. The van der Waals surface area contributed by atoms with Crippen LogP contribution in [0.1, 0.15) is 155 Å². The van der Waals surface area contributed by atoms with Gasteiger partial charge in [-0.3, -0.25) is 4.79 Å². The zero-order chi connectivity index (χ0) is 48.2. The summed E-state index contributed by atoms with van der Waals surface area (Å²) in [4.78, 5) is 13.1. The second-order valence-corrected chi connectivity index (χ2v) is 17.6. The predicted octanol–water partition coefficient (Wildman–Crippen LogP) is 6.43. The molecule has 14 heteroatoms. The molecule has 66 heavy (non-hydrogen) atoms. The number of carbonyl (C=O) groups is 1. The molecule has 0 aromatic heterocycles. The number of amides is 1. The molecule has 12 unspecified atom stereocenters. The molecular weight excluding hydrogens is 847 g/mol. The summed E-state index contributed by atoms with van der Waals surface area (Å²) in [6, 6.07) is -0.922. The van der Waals surface area contributed by atoms with Crippen LogP contribution < -0.4 is 5.32 Å².